The second-order valence-corrected chi connectivity index (χ2v) is 12.0. The molecule has 0 bridgehead atoms. The van der Waals surface area contributed by atoms with Crippen LogP contribution >= 0.6 is 0 Å². The molecule has 220 valence electrons. The Balaban J connectivity index is 1.43. The summed E-state index contributed by atoms with van der Waals surface area (Å²) in [6.45, 7) is 0. The van der Waals surface area contributed by atoms with Gasteiger partial charge in [0.25, 0.3) is 0 Å². The van der Waals surface area contributed by atoms with Gasteiger partial charge in [0.1, 0.15) is 11.3 Å². The number of hydrogen-bond acceptors (Lipinski definition) is 1. The van der Waals surface area contributed by atoms with Gasteiger partial charge < -0.3 is 9.13 Å². The second-order valence-electron chi connectivity index (χ2n) is 12.0. The quantitative estimate of drug-likeness (QED) is 0.197. The molecule has 0 amide bonds. The van der Waals surface area contributed by atoms with Gasteiger partial charge in [-0.2, -0.15) is 0 Å². The number of hydrogen-bond donors (Lipinski definition) is 0. The maximum Gasteiger partial charge on any atom is 0.145 e. The van der Waals surface area contributed by atoms with Crippen LogP contribution in [0.3, 0.4) is 0 Å². The van der Waals surface area contributed by atoms with E-state index in [-0.39, 0.29) is 0 Å². The number of fused-ring (bicyclic) bond motifs is 7. The van der Waals surface area contributed by atoms with Gasteiger partial charge in [0.05, 0.1) is 39.0 Å². The van der Waals surface area contributed by atoms with E-state index in [9.17, 15) is 0 Å². The molecule has 0 unspecified atom stereocenters. The Bertz CT molecular complexity index is 2680. The number of nitrogens with zero attached hydrogens (tertiary/aromatic N) is 4. The number of aromatic nitrogens is 4. The molecule has 3 aromatic heterocycles. The van der Waals surface area contributed by atoms with Crippen molar-refractivity contribution in [1.82, 2.24) is 18.7 Å². The summed E-state index contributed by atoms with van der Waals surface area (Å²) in [5.41, 5.74) is 10.9. The van der Waals surface area contributed by atoms with Crippen LogP contribution in [0.2, 0.25) is 0 Å². The van der Waals surface area contributed by atoms with E-state index in [1.54, 1.807) is 0 Å². The minimum Gasteiger partial charge on any atom is -0.307 e. The minimum atomic E-state index is 0.905. The molecular formula is C43H28N4. The van der Waals surface area contributed by atoms with Crippen LogP contribution in [0.25, 0.3) is 83.1 Å². The van der Waals surface area contributed by atoms with Gasteiger partial charge in [-0.25, -0.2) is 4.98 Å². The predicted octanol–water partition coefficient (Wildman–Crippen LogP) is 10.9. The van der Waals surface area contributed by atoms with E-state index in [2.05, 4.69) is 184 Å². The molecule has 0 aliphatic heterocycles. The van der Waals surface area contributed by atoms with Crippen LogP contribution < -0.4 is 0 Å². The average Bonchev–Trinajstić information content (AvgIpc) is 3.81. The summed E-state index contributed by atoms with van der Waals surface area (Å²) < 4.78 is 7.15. The normalized spacial score (nSPS) is 11.8. The molecule has 7 aromatic carbocycles. The van der Waals surface area contributed by atoms with Gasteiger partial charge in [0.2, 0.25) is 0 Å². The molecule has 4 nitrogen and oxygen atoms in total. The van der Waals surface area contributed by atoms with Gasteiger partial charge in [0, 0.05) is 32.8 Å². The van der Waals surface area contributed by atoms with Crippen LogP contribution in [0.4, 0.5) is 0 Å². The van der Waals surface area contributed by atoms with Crippen LogP contribution in [0.1, 0.15) is 0 Å². The van der Waals surface area contributed by atoms with Gasteiger partial charge in [-0.1, -0.05) is 121 Å². The summed E-state index contributed by atoms with van der Waals surface area (Å²) in [5.74, 6) is 0.905. The van der Waals surface area contributed by atoms with E-state index in [0.717, 1.165) is 50.5 Å². The van der Waals surface area contributed by atoms with E-state index in [1.807, 2.05) is 0 Å². The fourth-order valence-electron chi connectivity index (χ4n) is 7.49. The van der Waals surface area contributed by atoms with Gasteiger partial charge in [-0.05, 0) is 48.5 Å². The van der Waals surface area contributed by atoms with Crippen molar-refractivity contribution in [2.24, 2.45) is 0 Å². The smallest absolute Gasteiger partial charge is 0.145 e. The Kier molecular flexibility index (Phi) is 5.54. The highest BCUT2D eigenvalue weighted by atomic mass is 15.1. The zero-order chi connectivity index (χ0) is 30.9. The monoisotopic (exact) mass is 600 g/mol. The predicted molar refractivity (Wildman–Crippen MR) is 195 cm³/mol. The van der Waals surface area contributed by atoms with Crippen LogP contribution in [0, 0.1) is 0 Å². The lowest BCUT2D eigenvalue weighted by atomic mass is 10.2. The molecule has 3 heterocycles. The zero-order valence-corrected chi connectivity index (χ0v) is 25.5. The maximum absolute atomic E-state index is 5.59. The Morgan fingerprint density at radius 3 is 1.26 bits per heavy atom. The third kappa shape index (κ3) is 3.73. The second kappa shape index (κ2) is 10.1. The van der Waals surface area contributed by atoms with E-state index in [1.165, 1.54) is 32.6 Å². The van der Waals surface area contributed by atoms with Crippen molar-refractivity contribution in [3.05, 3.63) is 170 Å². The fraction of sp³-hybridized carbons (Fsp3) is 0. The molecule has 4 heteroatoms. The summed E-state index contributed by atoms with van der Waals surface area (Å²) in [5, 5.41) is 4.93. The number of para-hydroxylation sites is 5. The fourth-order valence-corrected chi connectivity index (χ4v) is 7.49. The van der Waals surface area contributed by atoms with Gasteiger partial charge in [-0.15, -0.1) is 0 Å². The van der Waals surface area contributed by atoms with Crippen molar-refractivity contribution in [1.29, 1.82) is 0 Å². The molecule has 0 fully saturated rings. The molecule has 0 saturated carbocycles. The van der Waals surface area contributed by atoms with E-state index >= 15 is 0 Å². The lowest BCUT2D eigenvalue weighted by Gasteiger charge is -2.16. The lowest BCUT2D eigenvalue weighted by molar-refractivity contribution is 1.08. The van der Waals surface area contributed by atoms with Crippen LogP contribution in [0.5, 0.6) is 0 Å². The molecule has 0 N–H and O–H groups in total. The Labute approximate surface area is 271 Å². The number of benzene rings is 7. The highest BCUT2D eigenvalue weighted by Gasteiger charge is 2.25. The van der Waals surface area contributed by atoms with Gasteiger partial charge in [-0.3, -0.25) is 4.57 Å². The standard InChI is InChI=1S/C43H28N4/c1-3-15-29(16-4-1)43-44-41-39(46-35-23-11-7-19-31(35)32-20-8-12-24-36(32)46)27-28-40(42(41)45(43)30-17-5-2-6-18-30)47-37-25-13-9-21-33(37)34-22-10-14-26-38(34)47/h1-28H. The molecule has 0 aliphatic carbocycles. The van der Waals surface area contributed by atoms with E-state index in [4.69, 9.17) is 4.98 Å². The first-order chi connectivity index (χ1) is 23.4. The largest absolute Gasteiger partial charge is 0.307 e. The minimum absolute atomic E-state index is 0.905. The zero-order valence-electron chi connectivity index (χ0n) is 25.5. The summed E-state index contributed by atoms with van der Waals surface area (Å²) in [6, 6.07) is 60.5. The molecule has 10 rings (SSSR count). The SMILES string of the molecule is c1ccc(-c2nc3c(-n4c5ccccc5c5ccccc54)ccc(-n4c5ccccc5c5ccccc54)c3n2-c2ccccc2)cc1. The Morgan fingerprint density at radius 1 is 0.340 bits per heavy atom. The first kappa shape index (κ1) is 25.9. The van der Waals surface area contributed by atoms with Gasteiger partial charge >= 0.3 is 0 Å². The van der Waals surface area contributed by atoms with Crippen molar-refractivity contribution >= 4 is 54.6 Å². The molecular weight excluding hydrogens is 573 g/mol. The van der Waals surface area contributed by atoms with Crippen LogP contribution in [0.15, 0.2) is 170 Å². The Hall–Kier alpha value is -6.39. The molecule has 0 saturated heterocycles. The molecule has 0 atom stereocenters. The summed E-state index contributed by atoms with van der Waals surface area (Å²) in [7, 11) is 0. The highest BCUT2D eigenvalue weighted by Crippen LogP contribution is 2.41. The third-order valence-electron chi connectivity index (χ3n) is 9.45. The average molecular weight is 601 g/mol. The van der Waals surface area contributed by atoms with Crippen LogP contribution in [-0.4, -0.2) is 18.7 Å². The molecule has 0 radical (unpaired) electrons. The molecule has 10 aromatic rings. The lowest BCUT2D eigenvalue weighted by Crippen LogP contribution is -2.03. The van der Waals surface area contributed by atoms with Crippen molar-refractivity contribution in [2.75, 3.05) is 0 Å². The highest BCUT2D eigenvalue weighted by molar-refractivity contribution is 6.13. The van der Waals surface area contributed by atoms with E-state index < -0.39 is 0 Å². The topological polar surface area (TPSA) is 27.7 Å². The first-order valence-electron chi connectivity index (χ1n) is 16.0. The summed E-state index contributed by atoms with van der Waals surface area (Å²) >= 11 is 0. The number of rotatable bonds is 4. The molecule has 0 spiro atoms. The third-order valence-corrected chi connectivity index (χ3v) is 9.45. The first-order valence-corrected chi connectivity index (χ1v) is 16.0. The molecule has 0 aliphatic rings. The van der Waals surface area contributed by atoms with E-state index in [0.29, 0.717) is 0 Å². The van der Waals surface area contributed by atoms with Crippen LogP contribution in [-0.2, 0) is 0 Å². The number of imidazole rings is 1. The van der Waals surface area contributed by atoms with Crippen molar-refractivity contribution in [3.8, 4) is 28.5 Å². The molecule has 47 heavy (non-hydrogen) atoms. The summed E-state index contributed by atoms with van der Waals surface area (Å²) in [6.07, 6.45) is 0. The Morgan fingerprint density at radius 2 is 0.745 bits per heavy atom. The maximum atomic E-state index is 5.59. The van der Waals surface area contributed by atoms with Crippen molar-refractivity contribution < 1.29 is 0 Å². The summed E-state index contributed by atoms with van der Waals surface area (Å²) in [4.78, 5) is 5.59. The van der Waals surface area contributed by atoms with Gasteiger partial charge in [0.15, 0.2) is 0 Å². The van der Waals surface area contributed by atoms with Crippen molar-refractivity contribution in [3.63, 3.8) is 0 Å². The van der Waals surface area contributed by atoms with Crippen molar-refractivity contribution in [2.45, 2.75) is 0 Å².